The molecular weight excluding hydrogens is 244 g/mol. The van der Waals surface area contributed by atoms with Gasteiger partial charge < -0.3 is 15.3 Å². The van der Waals surface area contributed by atoms with Crippen LogP contribution in [0.5, 0.6) is 0 Å². The highest BCUT2D eigenvalue weighted by atomic mass is 16.3. The normalized spacial score (nSPS) is 21.0. The molecule has 5 heteroatoms. The van der Waals surface area contributed by atoms with E-state index in [4.69, 9.17) is 0 Å². The molecule has 110 valence electrons. The molecule has 19 heavy (non-hydrogen) atoms. The average Bonchev–Trinajstić information content (AvgIpc) is 2.46. The largest absolute Gasteiger partial charge is 0.393 e. The molecule has 0 aromatic carbocycles. The van der Waals surface area contributed by atoms with Gasteiger partial charge in [0.2, 0.25) is 11.8 Å². The zero-order valence-electron chi connectivity index (χ0n) is 12.0. The molecule has 0 aliphatic carbocycles. The number of nitrogens with one attached hydrogen (secondary N) is 1. The summed E-state index contributed by atoms with van der Waals surface area (Å²) in [6.45, 7) is 5.58. The third-order valence-corrected chi connectivity index (χ3v) is 3.70. The number of hydrogen-bond donors (Lipinski definition) is 2. The maximum Gasteiger partial charge on any atom is 0.224 e. The summed E-state index contributed by atoms with van der Waals surface area (Å²) in [5.74, 6) is 0.0406. The maximum atomic E-state index is 12.0. The van der Waals surface area contributed by atoms with E-state index in [9.17, 15) is 14.7 Å². The maximum absolute atomic E-state index is 12.0. The Kier molecular flexibility index (Phi) is 6.84. The van der Waals surface area contributed by atoms with Gasteiger partial charge in [0.1, 0.15) is 0 Å². The summed E-state index contributed by atoms with van der Waals surface area (Å²) in [5.41, 5.74) is 0. The van der Waals surface area contributed by atoms with Crippen molar-refractivity contribution in [3.05, 3.63) is 0 Å². The van der Waals surface area contributed by atoms with Crippen molar-refractivity contribution in [3.8, 4) is 0 Å². The first-order chi connectivity index (χ1) is 9.08. The van der Waals surface area contributed by atoms with Gasteiger partial charge in [-0.15, -0.1) is 0 Å². The van der Waals surface area contributed by atoms with Crippen LogP contribution in [0.2, 0.25) is 0 Å². The van der Waals surface area contributed by atoms with Gasteiger partial charge in [0.05, 0.1) is 12.0 Å². The van der Waals surface area contributed by atoms with Crippen LogP contribution in [-0.2, 0) is 9.59 Å². The Morgan fingerprint density at radius 3 is 2.79 bits per heavy atom. The van der Waals surface area contributed by atoms with E-state index >= 15 is 0 Å². The number of aliphatic hydroxyl groups excluding tert-OH is 1. The van der Waals surface area contributed by atoms with Gasteiger partial charge in [-0.25, -0.2) is 0 Å². The summed E-state index contributed by atoms with van der Waals surface area (Å²) in [6.07, 6.45) is 3.18. The molecule has 1 aliphatic rings. The van der Waals surface area contributed by atoms with Crippen LogP contribution in [0, 0.1) is 5.92 Å². The lowest BCUT2D eigenvalue weighted by Crippen LogP contribution is -2.45. The lowest BCUT2D eigenvalue weighted by atomic mass is 9.97. The summed E-state index contributed by atoms with van der Waals surface area (Å²) in [6, 6.07) is 0. The Hall–Kier alpha value is -1.10. The minimum Gasteiger partial charge on any atom is -0.393 e. The number of hydrogen-bond acceptors (Lipinski definition) is 3. The molecule has 1 aliphatic heterocycles. The highest BCUT2D eigenvalue weighted by Crippen LogP contribution is 2.17. The molecule has 2 amide bonds. The van der Waals surface area contributed by atoms with E-state index in [1.54, 1.807) is 4.90 Å². The summed E-state index contributed by atoms with van der Waals surface area (Å²) < 4.78 is 0. The molecule has 0 aromatic heterocycles. The van der Waals surface area contributed by atoms with Crippen molar-refractivity contribution < 1.29 is 14.7 Å². The van der Waals surface area contributed by atoms with Gasteiger partial charge in [-0.3, -0.25) is 9.59 Å². The van der Waals surface area contributed by atoms with Gasteiger partial charge in [-0.05, 0) is 25.7 Å². The zero-order chi connectivity index (χ0) is 14.3. The highest BCUT2D eigenvalue weighted by molar-refractivity contribution is 5.81. The zero-order valence-corrected chi connectivity index (χ0v) is 12.0. The smallest absolute Gasteiger partial charge is 0.224 e. The second-order valence-electron chi connectivity index (χ2n) is 5.17. The van der Waals surface area contributed by atoms with Crippen molar-refractivity contribution in [3.63, 3.8) is 0 Å². The lowest BCUT2D eigenvalue weighted by molar-refractivity contribution is -0.135. The lowest BCUT2D eigenvalue weighted by Gasteiger charge is -2.32. The van der Waals surface area contributed by atoms with Crippen LogP contribution in [0.3, 0.4) is 0 Å². The van der Waals surface area contributed by atoms with E-state index in [2.05, 4.69) is 5.32 Å². The average molecular weight is 270 g/mol. The molecule has 1 heterocycles. The number of aliphatic hydroxyl groups is 1. The van der Waals surface area contributed by atoms with Crippen molar-refractivity contribution in [2.75, 3.05) is 19.6 Å². The molecule has 0 aromatic rings. The highest BCUT2D eigenvalue weighted by Gasteiger charge is 2.27. The van der Waals surface area contributed by atoms with E-state index in [0.29, 0.717) is 32.4 Å². The minimum atomic E-state index is -0.343. The first-order valence-electron chi connectivity index (χ1n) is 7.32. The number of carbonyl (C=O) groups excluding carboxylic acids is 2. The van der Waals surface area contributed by atoms with Gasteiger partial charge in [-0.1, -0.05) is 13.8 Å². The third-order valence-electron chi connectivity index (χ3n) is 3.70. The van der Waals surface area contributed by atoms with Gasteiger partial charge in [-0.2, -0.15) is 0 Å². The van der Waals surface area contributed by atoms with Crippen LogP contribution in [0.4, 0.5) is 0 Å². The van der Waals surface area contributed by atoms with Crippen molar-refractivity contribution in [1.82, 2.24) is 10.2 Å². The summed E-state index contributed by atoms with van der Waals surface area (Å²) in [7, 11) is 0. The molecule has 0 saturated carbocycles. The Balaban J connectivity index is 2.33. The molecule has 0 radical (unpaired) electrons. The molecule has 1 rings (SSSR count). The van der Waals surface area contributed by atoms with Crippen molar-refractivity contribution >= 4 is 11.8 Å². The first kappa shape index (κ1) is 16.0. The minimum absolute atomic E-state index is 0.0110. The van der Waals surface area contributed by atoms with E-state index in [-0.39, 0.29) is 23.8 Å². The standard InChI is InChI=1S/C14H26N2O3/c1-3-12(17)7-8-15-14(19)11-6-5-9-16(10-11)13(18)4-2/h11-12,17H,3-10H2,1-2H3,(H,15,19). The number of rotatable bonds is 6. The van der Waals surface area contributed by atoms with E-state index in [1.807, 2.05) is 13.8 Å². The van der Waals surface area contributed by atoms with Crippen molar-refractivity contribution in [2.45, 2.75) is 52.1 Å². The van der Waals surface area contributed by atoms with Crippen LogP contribution in [0.15, 0.2) is 0 Å². The molecule has 1 fully saturated rings. The quantitative estimate of drug-likeness (QED) is 0.754. The molecule has 2 N–H and O–H groups in total. The Bertz CT molecular complexity index is 307. The fourth-order valence-corrected chi connectivity index (χ4v) is 2.35. The van der Waals surface area contributed by atoms with E-state index in [0.717, 1.165) is 19.4 Å². The van der Waals surface area contributed by atoms with Crippen LogP contribution < -0.4 is 5.32 Å². The number of amides is 2. The Labute approximate surface area is 115 Å². The third kappa shape index (κ3) is 5.19. The molecule has 1 saturated heterocycles. The first-order valence-corrected chi connectivity index (χ1v) is 7.32. The summed E-state index contributed by atoms with van der Waals surface area (Å²) >= 11 is 0. The van der Waals surface area contributed by atoms with Gasteiger partial charge >= 0.3 is 0 Å². The summed E-state index contributed by atoms with van der Waals surface area (Å²) in [4.78, 5) is 25.4. The Morgan fingerprint density at radius 2 is 2.16 bits per heavy atom. The fourth-order valence-electron chi connectivity index (χ4n) is 2.35. The topological polar surface area (TPSA) is 69.6 Å². The van der Waals surface area contributed by atoms with Crippen molar-refractivity contribution in [2.24, 2.45) is 5.92 Å². The molecule has 2 unspecified atom stereocenters. The SMILES string of the molecule is CCC(=O)N1CCCC(C(=O)NCCC(O)CC)C1. The Morgan fingerprint density at radius 1 is 1.42 bits per heavy atom. The molecule has 0 bridgehead atoms. The van der Waals surface area contributed by atoms with Gasteiger partial charge in [0, 0.05) is 26.1 Å². The monoisotopic (exact) mass is 270 g/mol. The molecule has 5 nitrogen and oxygen atoms in total. The summed E-state index contributed by atoms with van der Waals surface area (Å²) in [5, 5.41) is 12.3. The molecule has 2 atom stereocenters. The predicted octanol–water partition coefficient (Wildman–Crippen LogP) is 0.912. The predicted molar refractivity (Wildman–Crippen MR) is 73.5 cm³/mol. The number of carbonyl (C=O) groups is 2. The second kappa shape index (κ2) is 8.15. The van der Waals surface area contributed by atoms with Gasteiger partial charge in [0.15, 0.2) is 0 Å². The van der Waals surface area contributed by atoms with Crippen LogP contribution >= 0.6 is 0 Å². The second-order valence-corrected chi connectivity index (χ2v) is 5.17. The van der Waals surface area contributed by atoms with E-state index < -0.39 is 0 Å². The number of nitrogens with zero attached hydrogens (tertiary/aromatic N) is 1. The van der Waals surface area contributed by atoms with Crippen LogP contribution in [0.25, 0.3) is 0 Å². The van der Waals surface area contributed by atoms with Crippen LogP contribution in [0.1, 0.15) is 46.0 Å². The van der Waals surface area contributed by atoms with Crippen molar-refractivity contribution in [1.29, 1.82) is 0 Å². The number of piperidine rings is 1. The van der Waals surface area contributed by atoms with Gasteiger partial charge in [0.25, 0.3) is 0 Å². The molecule has 0 spiro atoms. The van der Waals surface area contributed by atoms with E-state index in [1.165, 1.54) is 0 Å². The number of likely N-dealkylation sites (tertiary alicyclic amines) is 1. The molecular formula is C14H26N2O3. The van der Waals surface area contributed by atoms with Crippen LogP contribution in [-0.4, -0.2) is 47.6 Å². The fraction of sp³-hybridized carbons (Fsp3) is 0.857.